The van der Waals surface area contributed by atoms with Crippen LogP contribution in [0.5, 0.6) is 0 Å². The summed E-state index contributed by atoms with van der Waals surface area (Å²) in [4.78, 5) is 0. The molecule has 2 unspecified atom stereocenters. The Bertz CT molecular complexity index is 898. The average Bonchev–Trinajstić information content (AvgIpc) is 2.62. The van der Waals surface area contributed by atoms with Crippen molar-refractivity contribution in [2.24, 2.45) is 11.5 Å². The van der Waals surface area contributed by atoms with Crippen LogP contribution in [0.25, 0.3) is 0 Å². The summed E-state index contributed by atoms with van der Waals surface area (Å²) in [5.41, 5.74) is -16.3. The van der Waals surface area contributed by atoms with Gasteiger partial charge in [0, 0.05) is 0 Å². The molecular formula is C14H4F14N2. The van der Waals surface area contributed by atoms with Crippen LogP contribution in [-0.2, 0) is 0 Å². The van der Waals surface area contributed by atoms with Crippen molar-refractivity contribution in [3.05, 3.63) is 57.5 Å². The summed E-state index contributed by atoms with van der Waals surface area (Å²) < 4.78 is 192. The molecule has 16 heteroatoms. The monoisotopic (exact) mass is 466 g/mol. The van der Waals surface area contributed by atoms with Crippen LogP contribution in [0.2, 0.25) is 0 Å². The first-order valence-corrected chi connectivity index (χ1v) is 6.97. The van der Waals surface area contributed by atoms with Crippen molar-refractivity contribution in [1.82, 2.24) is 0 Å². The topological polar surface area (TPSA) is 52.0 Å². The van der Waals surface area contributed by atoms with E-state index in [2.05, 4.69) is 11.5 Å². The Morgan fingerprint density at radius 1 is 0.500 bits per heavy atom. The molecule has 0 saturated carbocycles. The second-order valence-electron chi connectivity index (χ2n) is 5.77. The van der Waals surface area contributed by atoms with Crippen molar-refractivity contribution in [3.63, 3.8) is 0 Å². The molecule has 0 amide bonds. The molecule has 0 aromatic carbocycles. The van der Waals surface area contributed by atoms with Gasteiger partial charge in [0.15, 0.2) is 35.0 Å². The van der Waals surface area contributed by atoms with Crippen molar-refractivity contribution >= 4 is 0 Å². The Kier molecular flexibility index (Phi) is 5.04. The van der Waals surface area contributed by atoms with Crippen LogP contribution in [0.3, 0.4) is 0 Å². The lowest BCUT2D eigenvalue weighted by molar-refractivity contribution is -0.217. The quantitative estimate of drug-likeness (QED) is 0.468. The molecule has 0 spiro atoms. The maximum atomic E-state index is 14.7. The predicted octanol–water partition coefficient (Wildman–Crippen LogP) is 5.43. The SMILES string of the molecule is NC1=C(F)C(F)(C(F)(F)F)C(=C2C(F)=C(F)C(N)=C(F)C2(F)C(F)(F)F)C(F)=C1F. The van der Waals surface area contributed by atoms with Gasteiger partial charge in [-0.3, -0.25) is 0 Å². The minimum atomic E-state index is -6.89. The summed E-state index contributed by atoms with van der Waals surface area (Å²) in [6.07, 6.45) is -13.8. The van der Waals surface area contributed by atoms with E-state index in [0.29, 0.717) is 0 Å². The average molecular weight is 466 g/mol. The standard InChI is InChI=1S/C14H4F14N2/c15-3-1(11(21,13(23,24)25)9(19)7(29)5(3)17)2-4(16)6(18)8(30)10(20)12(2,22)14(26,27)28/h29-30H2. The molecule has 4 N–H and O–H groups in total. The predicted molar refractivity (Wildman–Crippen MR) is 69.9 cm³/mol. The molecule has 0 aromatic heterocycles. The van der Waals surface area contributed by atoms with Crippen LogP contribution in [0.1, 0.15) is 0 Å². The molecule has 0 aromatic rings. The third kappa shape index (κ3) is 2.64. The van der Waals surface area contributed by atoms with Gasteiger partial charge in [0.1, 0.15) is 11.4 Å². The first-order valence-electron chi connectivity index (χ1n) is 6.97. The van der Waals surface area contributed by atoms with E-state index >= 15 is 0 Å². The Labute approximate surface area is 155 Å². The molecule has 30 heavy (non-hydrogen) atoms. The Hall–Kier alpha value is -2.68. The van der Waals surface area contributed by atoms with E-state index in [1.807, 2.05) is 0 Å². The van der Waals surface area contributed by atoms with E-state index in [0.717, 1.165) is 0 Å². The number of rotatable bonds is 0. The highest BCUT2D eigenvalue weighted by molar-refractivity contribution is 5.65. The van der Waals surface area contributed by atoms with Crippen LogP contribution in [0.15, 0.2) is 57.5 Å². The molecule has 2 nitrogen and oxygen atoms in total. The fraction of sp³-hybridized carbons (Fsp3) is 0.286. The molecule has 2 atom stereocenters. The smallest absolute Gasteiger partial charge is 0.394 e. The van der Waals surface area contributed by atoms with Crippen LogP contribution in [0.4, 0.5) is 61.5 Å². The maximum absolute atomic E-state index is 14.7. The second-order valence-corrected chi connectivity index (χ2v) is 5.77. The van der Waals surface area contributed by atoms with Crippen molar-refractivity contribution < 1.29 is 61.5 Å². The molecule has 2 rings (SSSR count). The highest BCUT2D eigenvalue weighted by Crippen LogP contribution is 2.61. The highest BCUT2D eigenvalue weighted by atomic mass is 19.4. The van der Waals surface area contributed by atoms with Crippen molar-refractivity contribution in [2.45, 2.75) is 23.7 Å². The lowest BCUT2D eigenvalue weighted by Crippen LogP contribution is -2.52. The molecule has 0 radical (unpaired) electrons. The zero-order valence-corrected chi connectivity index (χ0v) is 13.4. The van der Waals surface area contributed by atoms with Crippen molar-refractivity contribution in [2.75, 3.05) is 0 Å². The van der Waals surface area contributed by atoms with Gasteiger partial charge in [0.2, 0.25) is 0 Å². The summed E-state index contributed by atoms with van der Waals surface area (Å²) >= 11 is 0. The summed E-state index contributed by atoms with van der Waals surface area (Å²) in [6.45, 7) is 0. The van der Waals surface area contributed by atoms with E-state index in [1.165, 1.54) is 0 Å². The molecule has 0 saturated heterocycles. The van der Waals surface area contributed by atoms with Crippen LogP contribution >= 0.6 is 0 Å². The van der Waals surface area contributed by atoms with Gasteiger partial charge in [0.25, 0.3) is 11.3 Å². The van der Waals surface area contributed by atoms with E-state index in [9.17, 15) is 61.5 Å². The number of allylic oxidation sites excluding steroid dienone is 8. The molecule has 2 aliphatic rings. The fourth-order valence-corrected chi connectivity index (χ4v) is 2.64. The summed E-state index contributed by atoms with van der Waals surface area (Å²) in [5, 5.41) is 0. The van der Waals surface area contributed by atoms with E-state index in [4.69, 9.17) is 0 Å². The summed E-state index contributed by atoms with van der Waals surface area (Å²) in [5.74, 6) is -20.2. The zero-order chi connectivity index (χ0) is 23.8. The molecule has 0 heterocycles. The lowest BCUT2D eigenvalue weighted by atomic mass is 9.75. The number of halogens is 14. The van der Waals surface area contributed by atoms with E-state index in [1.54, 1.807) is 0 Å². The number of nitrogens with two attached hydrogens (primary N) is 2. The van der Waals surface area contributed by atoms with Crippen molar-refractivity contribution in [3.8, 4) is 0 Å². The van der Waals surface area contributed by atoms with Gasteiger partial charge < -0.3 is 11.5 Å². The number of hydrogen-bond donors (Lipinski definition) is 2. The van der Waals surface area contributed by atoms with E-state index < -0.39 is 81.2 Å². The molecule has 0 bridgehead atoms. The normalized spacial score (nSPS) is 31.9. The van der Waals surface area contributed by atoms with Crippen LogP contribution < -0.4 is 11.5 Å². The molecule has 0 fully saturated rings. The highest BCUT2D eigenvalue weighted by Gasteiger charge is 2.73. The molecule has 2 aliphatic carbocycles. The first kappa shape index (κ1) is 23.6. The Morgan fingerprint density at radius 3 is 0.933 bits per heavy atom. The molecule has 168 valence electrons. The van der Waals surface area contributed by atoms with Gasteiger partial charge in [-0.1, -0.05) is 0 Å². The number of hydrogen-bond acceptors (Lipinski definition) is 2. The van der Waals surface area contributed by atoms with Gasteiger partial charge in [-0.15, -0.1) is 0 Å². The van der Waals surface area contributed by atoms with Gasteiger partial charge in [-0.25, -0.2) is 35.1 Å². The van der Waals surface area contributed by atoms with Crippen LogP contribution in [0, 0.1) is 0 Å². The van der Waals surface area contributed by atoms with Gasteiger partial charge >= 0.3 is 12.4 Å². The third-order valence-corrected chi connectivity index (χ3v) is 4.10. The maximum Gasteiger partial charge on any atom is 0.433 e. The van der Waals surface area contributed by atoms with Gasteiger partial charge in [0.05, 0.1) is 11.1 Å². The zero-order valence-electron chi connectivity index (χ0n) is 13.4. The Morgan fingerprint density at radius 2 is 0.733 bits per heavy atom. The largest absolute Gasteiger partial charge is 0.433 e. The third-order valence-electron chi connectivity index (χ3n) is 4.10. The van der Waals surface area contributed by atoms with Gasteiger partial charge in [-0.05, 0) is 0 Å². The van der Waals surface area contributed by atoms with E-state index in [-0.39, 0.29) is 0 Å². The van der Waals surface area contributed by atoms with Crippen LogP contribution in [-0.4, -0.2) is 23.7 Å². The molecule has 0 aliphatic heterocycles. The minimum absolute atomic E-state index is 2.57. The lowest BCUT2D eigenvalue weighted by Gasteiger charge is -2.38. The minimum Gasteiger partial charge on any atom is -0.394 e. The molecular weight excluding hydrogens is 462 g/mol. The Balaban J connectivity index is 3.27. The fourth-order valence-electron chi connectivity index (χ4n) is 2.64. The summed E-state index contributed by atoms with van der Waals surface area (Å²) in [7, 11) is 0. The second kappa shape index (κ2) is 6.41. The number of alkyl halides is 8. The summed E-state index contributed by atoms with van der Waals surface area (Å²) in [6, 6.07) is 0. The van der Waals surface area contributed by atoms with Gasteiger partial charge in [-0.2, -0.15) is 26.3 Å². The van der Waals surface area contributed by atoms with Crippen molar-refractivity contribution in [1.29, 1.82) is 0 Å². The first-order chi connectivity index (χ1) is 13.3.